The summed E-state index contributed by atoms with van der Waals surface area (Å²) in [5.74, 6) is -0.752. The van der Waals surface area contributed by atoms with Crippen molar-refractivity contribution in [3.05, 3.63) is 0 Å². The zero-order valence-electron chi connectivity index (χ0n) is 8.35. The maximum Gasteiger partial charge on any atom is 0.321 e. The number of aliphatic hydroxyl groups excluding tert-OH is 4. The zero-order valence-corrected chi connectivity index (χ0v) is 9.17. The summed E-state index contributed by atoms with van der Waals surface area (Å²) in [4.78, 5) is 10.6. The third-order valence-electron chi connectivity index (χ3n) is 2.35. The lowest BCUT2D eigenvalue weighted by Gasteiger charge is -2.25. The van der Waals surface area contributed by atoms with Crippen molar-refractivity contribution in [1.82, 2.24) is 5.32 Å². The normalized spacial score (nSPS) is 31.0. The molecule has 1 saturated heterocycles. The van der Waals surface area contributed by atoms with Gasteiger partial charge in [-0.1, -0.05) is 0 Å². The maximum absolute atomic E-state index is 10.6. The highest BCUT2D eigenvalue weighted by Crippen LogP contribution is 2.24. The predicted molar refractivity (Wildman–Crippen MR) is 55.9 cm³/mol. The first-order valence-electron chi connectivity index (χ1n) is 4.73. The molecule has 0 aromatic heterocycles. The van der Waals surface area contributed by atoms with Crippen LogP contribution in [0.2, 0.25) is 0 Å². The summed E-state index contributed by atoms with van der Waals surface area (Å²) >= 11 is 1.15. The monoisotopic (exact) mass is 253 g/mol. The van der Waals surface area contributed by atoms with Gasteiger partial charge in [0.2, 0.25) is 0 Å². The molecule has 0 radical (unpaired) electrons. The van der Waals surface area contributed by atoms with Crippen molar-refractivity contribution in [2.24, 2.45) is 0 Å². The van der Waals surface area contributed by atoms with Gasteiger partial charge in [-0.2, -0.15) is 0 Å². The topological polar surface area (TPSA) is 130 Å². The van der Waals surface area contributed by atoms with E-state index in [1.54, 1.807) is 0 Å². The second-order valence-electron chi connectivity index (χ2n) is 3.54. The van der Waals surface area contributed by atoms with E-state index in [1.807, 2.05) is 0 Å². The van der Waals surface area contributed by atoms with Gasteiger partial charge in [-0.05, 0) is 0 Å². The van der Waals surface area contributed by atoms with E-state index in [0.29, 0.717) is 0 Å². The lowest BCUT2D eigenvalue weighted by atomic mass is 10.1. The van der Waals surface area contributed by atoms with Gasteiger partial charge < -0.3 is 25.5 Å². The van der Waals surface area contributed by atoms with Crippen LogP contribution in [-0.2, 0) is 4.79 Å². The number of aliphatic carboxylic acids is 1. The van der Waals surface area contributed by atoms with E-state index < -0.39 is 42.3 Å². The first kappa shape index (κ1) is 13.7. The van der Waals surface area contributed by atoms with Crippen LogP contribution in [0.15, 0.2) is 0 Å². The fourth-order valence-electron chi connectivity index (χ4n) is 1.35. The van der Waals surface area contributed by atoms with E-state index in [4.69, 9.17) is 15.3 Å². The van der Waals surface area contributed by atoms with Crippen LogP contribution in [0.25, 0.3) is 0 Å². The van der Waals surface area contributed by atoms with E-state index in [9.17, 15) is 15.0 Å². The number of carboxylic acids is 1. The molecule has 8 heteroatoms. The Balaban J connectivity index is 2.50. The molecule has 1 rings (SSSR count). The second kappa shape index (κ2) is 5.80. The van der Waals surface area contributed by atoms with E-state index in [1.165, 1.54) is 0 Å². The van der Waals surface area contributed by atoms with Gasteiger partial charge >= 0.3 is 5.97 Å². The predicted octanol–water partition coefficient (Wildman–Crippen LogP) is -2.82. The van der Waals surface area contributed by atoms with Crippen molar-refractivity contribution in [2.45, 2.75) is 29.7 Å². The highest BCUT2D eigenvalue weighted by molar-refractivity contribution is 8.00. The van der Waals surface area contributed by atoms with Crippen molar-refractivity contribution < 1.29 is 30.3 Å². The molecule has 0 bridgehead atoms. The van der Waals surface area contributed by atoms with Gasteiger partial charge in [0.05, 0.1) is 12.0 Å². The van der Waals surface area contributed by atoms with E-state index >= 15 is 0 Å². The summed E-state index contributed by atoms with van der Waals surface area (Å²) in [6.45, 7) is -0.669. The van der Waals surface area contributed by atoms with E-state index in [0.717, 1.165) is 11.8 Å². The Hall–Kier alpha value is -0.380. The summed E-state index contributed by atoms with van der Waals surface area (Å²) in [6.07, 6.45) is -4.29. The Labute approximate surface area is 96.1 Å². The molecule has 1 heterocycles. The van der Waals surface area contributed by atoms with Crippen molar-refractivity contribution in [1.29, 1.82) is 0 Å². The van der Waals surface area contributed by atoms with Crippen LogP contribution in [0.4, 0.5) is 0 Å². The first-order valence-corrected chi connectivity index (χ1v) is 5.77. The minimum absolute atomic E-state index is 0.277. The fraction of sp³-hybridized carbons (Fsp3) is 0.875. The zero-order chi connectivity index (χ0) is 12.3. The number of carboxylic acid groups (broad SMARTS) is 1. The molecule has 1 aliphatic heterocycles. The molecule has 5 atom stereocenters. The molecule has 0 aromatic carbocycles. The summed E-state index contributed by atoms with van der Waals surface area (Å²) in [5, 5.41) is 47.4. The first-order chi connectivity index (χ1) is 7.47. The number of thioether (sulfide) groups is 1. The molecule has 0 saturated carbocycles. The molecule has 94 valence electrons. The number of carbonyl (C=O) groups is 1. The average molecular weight is 253 g/mol. The molecule has 7 nitrogen and oxygen atoms in total. The van der Waals surface area contributed by atoms with Gasteiger partial charge in [0.25, 0.3) is 0 Å². The van der Waals surface area contributed by atoms with Crippen molar-refractivity contribution >= 4 is 17.7 Å². The summed E-state index contributed by atoms with van der Waals surface area (Å²) in [6, 6.07) is -0.775. The molecule has 0 amide bonds. The Morgan fingerprint density at radius 1 is 1.44 bits per heavy atom. The molecule has 0 aliphatic carbocycles. The van der Waals surface area contributed by atoms with Crippen molar-refractivity contribution in [3.63, 3.8) is 0 Å². The number of hydrogen-bond donors (Lipinski definition) is 6. The van der Waals surface area contributed by atoms with Crippen LogP contribution in [0.1, 0.15) is 0 Å². The third-order valence-corrected chi connectivity index (χ3v) is 3.65. The largest absolute Gasteiger partial charge is 0.480 e. The molecule has 1 fully saturated rings. The molecular formula is C8H15NO6S. The SMILES string of the molecule is O=C(O)[C@@H]1CS[C@@H]([C@H](O)[C@H](O)[C@@H](O)CO)N1. The quantitative estimate of drug-likeness (QED) is 0.309. The van der Waals surface area contributed by atoms with Gasteiger partial charge in [0.15, 0.2) is 0 Å². The minimum atomic E-state index is -1.51. The Morgan fingerprint density at radius 3 is 2.50 bits per heavy atom. The number of rotatable bonds is 5. The molecule has 1 aliphatic rings. The number of nitrogens with one attached hydrogen (secondary N) is 1. The Bertz CT molecular complexity index is 253. The van der Waals surface area contributed by atoms with Gasteiger partial charge in [-0.25, -0.2) is 0 Å². The van der Waals surface area contributed by atoms with Gasteiger partial charge in [-0.3, -0.25) is 10.1 Å². The molecule has 0 unspecified atom stereocenters. The molecular weight excluding hydrogens is 238 g/mol. The van der Waals surface area contributed by atoms with Crippen LogP contribution < -0.4 is 5.32 Å². The molecule has 0 spiro atoms. The lowest BCUT2D eigenvalue weighted by molar-refractivity contribution is -0.139. The highest BCUT2D eigenvalue weighted by atomic mass is 32.2. The molecule has 6 N–H and O–H groups in total. The van der Waals surface area contributed by atoms with E-state index in [-0.39, 0.29) is 5.75 Å². The van der Waals surface area contributed by atoms with Gasteiger partial charge in [0, 0.05) is 5.75 Å². The Morgan fingerprint density at radius 2 is 2.06 bits per heavy atom. The number of aliphatic hydroxyl groups is 4. The molecule has 16 heavy (non-hydrogen) atoms. The highest BCUT2D eigenvalue weighted by Gasteiger charge is 2.38. The summed E-state index contributed by atoms with van der Waals surface area (Å²) in [7, 11) is 0. The molecule has 0 aromatic rings. The number of hydrogen-bond acceptors (Lipinski definition) is 7. The smallest absolute Gasteiger partial charge is 0.321 e. The van der Waals surface area contributed by atoms with Gasteiger partial charge in [0.1, 0.15) is 24.4 Å². The Kier molecular flexibility index (Phi) is 4.96. The third kappa shape index (κ3) is 3.06. The van der Waals surface area contributed by atoms with Crippen LogP contribution in [0, 0.1) is 0 Å². The minimum Gasteiger partial charge on any atom is -0.480 e. The maximum atomic E-state index is 10.6. The van der Waals surface area contributed by atoms with Crippen LogP contribution in [-0.4, -0.2) is 73.6 Å². The lowest BCUT2D eigenvalue weighted by Crippen LogP contribution is -2.50. The van der Waals surface area contributed by atoms with Crippen LogP contribution >= 0.6 is 11.8 Å². The summed E-state index contributed by atoms with van der Waals surface area (Å²) < 4.78 is 0. The van der Waals surface area contributed by atoms with Crippen LogP contribution in [0.3, 0.4) is 0 Å². The van der Waals surface area contributed by atoms with E-state index in [2.05, 4.69) is 5.32 Å². The van der Waals surface area contributed by atoms with Gasteiger partial charge in [-0.15, -0.1) is 11.8 Å². The van der Waals surface area contributed by atoms with Crippen molar-refractivity contribution in [3.8, 4) is 0 Å². The van der Waals surface area contributed by atoms with Crippen molar-refractivity contribution in [2.75, 3.05) is 12.4 Å². The summed E-state index contributed by atoms with van der Waals surface area (Å²) in [5.41, 5.74) is 0. The second-order valence-corrected chi connectivity index (χ2v) is 4.72. The fourth-order valence-corrected chi connectivity index (χ4v) is 2.61. The average Bonchev–Trinajstić information content (AvgIpc) is 2.75. The standard InChI is InChI=1S/C8H15NO6S/c10-1-4(11)5(12)6(13)7-9-3(2-16-7)8(14)15/h3-7,9-13H,1-2H2,(H,14,15)/t3-,4-,5+,6+,7-/m0/s1. The van der Waals surface area contributed by atoms with Crippen LogP contribution in [0.5, 0.6) is 0 Å².